The molecule has 3 N–H and O–H groups in total. The van der Waals surface area contributed by atoms with Crippen LogP contribution >= 0.6 is 0 Å². The summed E-state index contributed by atoms with van der Waals surface area (Å²) in [5.74, 6) is -0.335. The Morgan fingerprint density at radius 3 is 2.56 bits per heavy atom. The lowest BCUT2D eigenvalue weighted by Crippen LogP contribution is -2.58. The SMILES string of the molecule is O=C(CN1CCOCC1)Nc1ccc(C2=CN(c3ccccc3)C3NCNC(=O)C23)cc1. The number of morpholine rings is 1. The average Bonchev–Trinajstić information content (AvgIpc) is 3.22. The van der Waals surface area contributed by atoms with Crippen LogP contribution in [0.25, 0.3) is 5.57 Å². The molecular weight excluding hydrogens is 406 g/mol. The van der Waals surface area contributed by atoms with Crippen molar-refractivity contribution in [2.24, 2.45) is 5.92 Å². The fourth-order valence-electron chi connectivity index (χ4n) is 4.49. The summed E-state index contributed by atoms with van der Waals surface area (Å²) in [7, 11) is 0. The van der Waals surface area contributed by atoms with Crippen molar-refractivity contribution in [1.29, 1.82) is 0 Å². The molecule has 32 heavy (non-hydrogen) atoms. The van der Waals surface area contributed by atoms with Crippen LogP contribution in [0.5, 0.6) is 0 Å². The van der Waals surface area contributed by atoms with Crippen LogP contribution in [-0.2, 0) is 14.3 Å². The molecule has 0 bridgehead atoms. The number of carbonyl (C=O) groups excluding carboxylic acids is 2. The summed E-state index contributed by atoms with van der Waals surface area (Å²) in [4.78, 5) is 29.3. The van der Waals surface area contributed by atoms with Crippen molar-refractivity contribution in [2.45, 2.75) is 6.17 Å². The molecule has 2 amide bonds. The lowest BCUT2D eigenvalue weighted by atomic mass is 9.91. The summed E-state index contributed by atoms with van der Waals surface area (Å²) < 4.78 is 5.33. The molecule has 0 spiro atoms. The first-order valence-corrected chi connectivity index (χ1v) is 11.0. The first kappa shape index (κ1) is 20.7. The number of rotatable bonds is 5. The van der Waals surface area contributed by atoms with Crippen LogP contribution in [0.3, 0.4) is 0 Å². The summed E-state index contributed by atoms with van der Waals surface area (Å²) >= 11 is 0. The predicted molar refractivity (Wildman–Crippen MR) is 123 cm³/mol. The molecule has 3 heterocycles. The van der Waals surface area contributed by atoms with E-state index in [2.05, 4.69) is 32.0 Å². The molecule has 2 fully saturated rings. The Balaban J connectivity index is 1.32. The van der Waals surface area contributed by atoms with Gasteiger partial charge in [0, 0.05) is 30.7 Å². The van der Waals surface area contributed by atoms with Gasteiger partial charge in [-0.2, -0.15) is 0 Å². The minimum atomic E-state index is -0.314. The highest BCUT2D eigenvalue weighted by atomic mass is 16.5. The van der Waals surface area contributed by atoms with Gasteiger partial charge in [-0.15, -0.1) is 0 Å². The maximum absolute atomic E-state index is 12.7. The fraction of sp³-hybridized carbons (Fsp3) is 0.333. The number of nitrogens with one attached hydrogen (secondary N) is 3. The molecule has 2 unspecified atom stereocenters. The normalized spacial score (nSPS) is 23.3. The van der Waals surface area contributed by atoms with Crippen LogP contribution in [0.15, 0.2) is 60.8 Å². The number of para-hydroxylation sites is 1. The number of carbonyl (C=O) groups is 2. The topological polar surface area (TPSA) is 85.9 Å². The van der Waals surface area contributed by atoms with Gasteiger partial charge in [0.25, 0.3) is 0 Å². The van der Waals surface area contributed by atoms with E-state index < -0.39 is 0 Å². The molecule has 166 valence electrons. The third-order valence-corrected chi connectivity index (χ3v) is 6.11. The van der Waals surface area contributed by atoms with Gasteiger partial charge in [0.05, 0.1) is 32.3 Å². The second-order valence-corrected chi connectivity index (χ2v) is 8.19. The van der Waals surface area contributed by atoms with E-state index in [-0.39, 0.29) is 23.9 Å². The third-order valence-electron chi connectivity index (χ3n) is 6.11. The van der Waals surface area contributed by atoms with Gasteiger partial charge in [0.1, 0.15) is 6.17 Å². The zero-order chi connectivity index (χ0) is 21.9. The van der Waals surface area contributed by atoms with Crippen molar-refractivity contribution in [3.05, 3.63) is 66.4 Å². The summed E-state index contributed by atoms with van der Waals surface area (Å²) in [5.41, 5.74) is 3.69. The molecule has 2 atom stereocenters. The van der Waals surface area contributed by atoms with Crippen LogP contribution in [0, 0.1) is 5.92 Å². The summed E-state index contributed by atoms with van der Waals surface area (Å²) in [6, 6.07) is 17.8. The monoisotopic (exact) mass is 433 g/mol. The second kappa shape index (κ2) is 9.12. The van der Waals surface area contributed by atoms with E-state index in [0.717, 1.165) is 35.6 Å². The molecule has 3 aliphatic rings. The molecule has 3 aliphatic heterocycles. The first-order chi connectivity index (χ1) is 15.7. The van der Waals surface area contributed by atoms with Gasteiger partial charge in [0.15, 0.2) is 0 Å². The van der Waals surface area contributed by atoms with E-state index in [0.29, 0.717) is 26.4 Å². The Labute approximate surface area is 187 Å². The van der Waals surface area contributed by atoms with Crippen LogP contribution in [0.4, 0.5) is 11.4 Å². The van der Waals surface area contributed by atoms with Gasteiger partial charge in [-0.05, 0) is 35.4 Å². The van der Waals surface area contributed by atoms with Crippen molar-refractivity contribution in [2.75, 3.05) is 49.7 Å². The average molecular weight is 434 g/mol. The number of benzene rings is 2. The number of nitrogens with zero attached hydrogens (tertiary/aromatic N) is 2. The molecule has 0 aliphatic carbocycles. The first-order valence-electron chi connectivity index (χ1n) is 11.0. The Hall–Kier alpha value is -3.20. The molecule has 0 aromatic heterocycles. The van der Waals surface area contributed by atoms with Gasteiger partial charge in [-0.3, -0.25) is 19.8 Å². The van der Waals surface area contributed by atoms with Gasteiger partial charge in [-0.1, -0.05) is 30.3 Å². The third kappa shape index (κ3) is 4.25. The molecule has 8 nitrogen and oxygen atoms in total. The van der Waals surface area contributed by atoms with Crippen LogP contribution in [0.1, 0.15) is 5.56 Å². The van der Waals surface area contributed by atoms with Crippen LogP contribution in [0.2, 0.25) is 0 Å². The lowest BCUT2D eigenvalue weighted by Gasteiger charge is -2.34. The van der Waals surface area contributed by atoms with Crippen molar-refractivity contribution >= 4 is 28.8 Å². The maximum atomic E-state index is 12.7. The van der Waals surface area contributed by atoms with E-state index >= 15 is 0 Å². The molecule has 2 aromatic rings. The largest absolute Gasteiger partial charge is 0.379 e. The fourth-order valence-corrected chi connectivity index (χ4v) is 4.49. The molecular formula is C24H27N5O3. The highest BCUT2D eigenvalue weighted by molar-refractivity contribution is 5.97. The Morgan fingerprint density at radius 1 is 1.06 bits per heavy atom. The Bertz CT molecular complexity index is 1000. The van der Waals surface area contributed by atoms with Crippen molar-refractivity contribution in [1.82, 2.24) is 15.5 Å². The van der Waals surface area contributed by atoms with E-state index in [1.807, 2.05) is 54.6 Å². The molecule has 0 saturated carbocycles. The van der Waals surface area contributed by atoms with Gasteiger partial charge < -0.3 is 20.3 Å². The summed E-state index contributed by atoms with van der Waals surface area (Å²) in [6.45, 7) is 3.69. The number of hydrogen-bond acceptors (Lipinski definition) is 6. The molecule has 2 saturated heterocycles. The summed E-state index contributed by atoms with van der Waals surface area (Å²) in [5, 5.41) is 9.28. The zero-order valence-electron chi connectivity index (χ0n) is 17.8. The lowest BCUT2D eigenvalue weighted by molar-refractivity contribution is -0.125. The minimum absolute atomic E-state index is 0.0151. The zero-order valence-corrected chi connectivity index (χ0v) is 17.8. The van der Waals surface area contributed by atoms with Crippen LogP contribution < -0.4 is 20.9 Å². The van der Waals surface area contributed by atoms with Gasteiger partial charge in [-0.25, -0.2) is 0 Å². The minimum Gasteiger partial charge on any atom is -0.379 e. The molecule has 2 aromatic carbocycles. The number of fused-ring (bicyclic) bond motifs is 1. The Kier molecular flexibility index (Phi) is 5.89. The Morgan fingerprint density at radius 2 is 1.81 bits per heavy atom. The number of ether oxygens (including phenoxy) is 1. The van der Waals surface area contributed by atoms with E-state index in [9.17, 15) is 9.59 Å². The second-order valence-electron chi connectivity index (χ2n) is 8.19. The van der Waals surface area contributed by atoms with E-state index in [1.54, 1.807) is 0 Å². The molecule has 5 rings (SSSR count). The number of hydrogen-bond donors (Lipinski definition) is 3. The van der Waals surface area contributed by atoms with E-state index in [1.165, 1.54) is 0 Å². The highest BCUT2D eigenvalue weighted by Gasteiger charge is 2.43. The van der Waals surface area contributed by atoms with Crippen molar-refractivity contribution in [3.63, 3.8) is 0 Å². The van der Waals surface area contributed by atoms with Gasteiger partial charge in [0.2, 0.25) is 11.8 Å². The predicted octanol–water partition coefficient (Wildman–Crippen LogP) is 1.44. The van der Waals surface area contributed by atoms with Crippen LogP contribution in [-0.4, -0.2) is 62.4 Å². The standard InChI is InChI=1S/C24H27N5O3/c30-21(15-28-10-12-32-13-11-28)27-18-8-6-17(7-9-18)20-14-29(19-4-2-1-3-5-19)23-22(20)24(31)26-16-25-23/h1-9,14,22-23,25H,10-13,15-16H2,(H,26,31)(H,27,30). The summed E-state index contributed by atoms with van der Waals surface area (Å²) in [6.07, 6.45) is 1.92. The quantitative estimate of drug-likeness (QED) is 0.662. The van der Waals surface area contributed by atoms with Gasteiger partial charge >= 0.3 is 0 Å². The molecule has 0 radical (unpaired) electrons. The maximum Gasteiger partial charge on any atom is 0.238 e. The van der Waals surface area contributed by atoms with E-state index in [4.69, 9.17) is 4.74 Å². The smallest absolute Gasteiger partial charge is 0.238 e. The number of amides is 2. The van der Waals surface area contributed by atoms with Crippen molar-refractivity contribution < 1.29 is 14.3 Å². The molecule has 8 heteroatoms. The highest BCUT2D eigenvalue weighted by Crippen LogP contribution is 2.38. The number of anilines is 2. The van der Waals surface area contributed by atoms with Crippen molar-refractivity contribution in [3.8, 4) is 0 Å².